The van der Waals surface area contributed by atoms with E-state index in [1.54, 1.807) is 0 Å². The highest BCUT2D eigenvalue weighted by molar-refractivity contribution is 5.59. The minimum atomic E-state index is 0.449. The minimum Gasteiger partial charge on any atom is -0.370 e. The molecule has 0 saturated heterocycles. The molecule has 1 aromatic carbocycles. The third-order valence-electron chi connectivity index (χ3n) is 4.69. The molecular weight excluding hydrogens is 258 g/mol. The van der Waals surface area contributed by atoms with E-state index < -0.39 is 0 Å². The lowest BCUT2D eigenvalue weighted by Crippen LogP contribution is -2.34. The van der Waals surface area contributed by atoms with Gasteiger partial charge in [0.15, 0.2) is 0 Å². The molecule has 1 unspecified atom stereocenters. The van der Waals surface area contributed by atoms with Gasteiger partial charge in [-0.2, -0.15) is 0 Å². The fraction of sp³-hybridized carbons (Fsp3) is 0.667. The van der Waals surface area contributed by atoms with Crippen LogP contribution in [-0.2, 0) is 6.42 Å². The Morgan fingerprint density at radius 2 is 2.00 bits per heavy atom. The van der Waals surface area contributed by atoms with Gasteiger partial charge in [0.25, 0.3) is 0 Å². The molecule has 0 radical (unpaired) electrons. The van der Waals surface area contributed by atoms with Crippen molar-refractivity contribution in [3.63, 3.8) is 0 Å². The number of anilines is 1. The van der Waals surface area contributed by atoms with Crippen molar-refractivity contribution in [2.75, 3.05) is 44.2 Å². The van der Waals surface area contributed by atoms with Crippen LogP contribution in [0.2, 0.25) is 0 Å². The summed E-state index contributed by atoms with van der Waals surface area (Å²) in [6.45, 7) is 15.7. The van der Waals surface area contributed by atoms with Crippen molar-refractivity contribution in [1.82, 2.24) is 10.2 Å². The van der Waals surface area contributed by atoms with Gasteiger partial charge >= 0.3 is 0 Å². The van der Waals surface area contributed by atoms with Crippen LogP contribution in [0.5, 0.6) is 0 Å². The molecule has 2 rings (SSSR count). The molecule has 0 spiro atoms. The normalized spacial score (nSPS) is 15.6. The second-order valence-corrected chi connectivity index (χ2v) is 5.93. The second kappa shape index (κ2) is 7.81. The second-order valence-electron chi connectivity index (χ2n) is 5.93. The van der Waals surface area contributed by atoms with E-state index in [-0.39, 0.29) is 0 Å². The summed E-state index contributed by atoms with van der Waals surface area (Å²) in [5.41, 5.74) is 4.40. The molecule has 1 aliphatic rings. The van der Waals surface area contributed by atoms with E-state index in [2.05, 4.69) is 61.0 Å². The summed E-state index contributed by atoms with van der Waals surface area (Å²) in [6, 6.07) is 7.47. The van der Waals surface area contributed by atoms with Crippen LogP contribution in [-0.4, -0.2) is 44.2 Å². The van der Waals surface area contributed by atoms with Gasteiger partial charge in [0.05, 0.1) is 0 Å². The van der Waals surface area contributed by atoms with Crippen LogP contribution in [0.3, 0.4) is 0 Å². The molecule has 1 heterocycles. The molecule has 0 saturated carbocycles. The van der Waals surface area contributed by atoms with Crippen LogP contribution in [0, 0.1) is 0 Å². The SMILES string of the molecule is CCNC(C)c1ccc2c(c1)CCN2CCN(CC)CC. The molecule has 0 fully saturated rings. The van der Waals surface area contributed by atoms with Crippen molar-refractivity contribution in [1.29, 1.82) is 0 Å². The number of hydrogen-bond donors (Lipinski definition) is 1. The minimum absolute atomic E-state index is 0.449. The Kier molecular flexibility index (Phi) is 6.07. The summed E-state index contributed by atoms with van der Waals surface area (Å²) in [6.07, 6.45) is 1.19. The van der Waals surface area contributed by atoms with Crippen molar-refractivity contribution in [3.8, 4) is 0 Å². The quantitative estimate of drug-likeness (QED) is 0.793. The molecule has 3 heteroatoms. The first-order chi connectivity index (χ1) is 10.2. The van der Waals surface area contributed by atoms with Crippen molar-refractivity contribution in [3.05, 3.63) is 29.3 Å². The first-order valence-electron chi connectivity index (χ1n) is 8.53. The van der Waals surface area contributed by atoms with Gasteiger partial charge in [0, 0.05) is 31.4 Å². The Bertz CT molecular complexity index is 440. The van der Waals surface area contributed by atoms with Gasteiger partial charge in [-0.3, -0.25) is 0 Å². The summed E-state index contributed by atoms with van der Waals surface area (Å²) >= 11 is 0. The number of benzene rings is 1. The first-order valence-corrected chi connectivity index (χ1v) is 8.53. The van der Waals surface area contributed by atoms with Crippen LogP contribution in [0.4, 0.5) is 5.69 Å². The molecule has 118 valence electrons. The van der Waals surface area contributed by atoms with Crippen LogP contribution in [0.1, 0.15) is 44.9 Å². The van der Waals surface area contributed by atoms with E-state index in [1.165, 1.54) is 36.3 Å². The van der Waals surface area contributed by atoms with E-state index >= 15 is 0 Å². The molecule has 0 bridgehead atoms. The zero-order chi connectivity index (χ0) is 15.2. The predicted octanol–water partition coefficient (Wildman–Crippen LogP) is 3.06. The van der Waals surface area contributed by atoms with Gasteiger partial charge < -0.3 is 15.1 Å². The smallest absolute Gasteiger partial charge is 0.0400 e. The van der Waals surface area contributed by atoms with Crippen LogP contribution < -0.4 is 10.2 Å². The molecule has 3 nitrogen and oxygen atoms in total. The lowest BCUT2D eigenvalue weighted by molar-refractivity contribution is 0.310. The maximum atomic E-state index is 3.50. The monoisotopic (exact) mass is 289 g/mol. The summed E-state index contributed by atoms with van der Waals surface area (Å²) in [5.74, 6) is 0. The number of likely N-dealkylation sites (N-methyl/N-ethyl adjacent to an activating group) is 1. The van der Waals surface area contributed by atoms with Crippen LogP contribution in [0.15, 0.2) is 18.2 Å². The average Bonchev–Trinajstić information content (AvgIpc) is 2.91. The molecule has 1 atom stereocenters. The van der Waals surface area contributed by atoms with Gasteiger partial charge in [-0.05, 0) is 50.2 Å². The zero-order valence-corrected chi connectivity index (χ0v) is 14.2. The Morgan fingerprint density at radius 3 is 2.67 bits per heavy atom. The zero-order valence-electron chi connectivity index (χ0n) is 14.2. The molecule has 0 amide bonds. The van der Waals surface area contributed by atoms with E-state index in [1.807, 2.05) is 0 Å². The highest BCUT2D eigenvalue weighted by Gasteiger charge is 2.20. The fourth-order valence-corrected chi connectivity index (χ4v) is 3.22. The van der Waals surface area contributed by atoms with Gasteiger partial charge in [-0.1, -0.05) is 32.9 Å². The summed E-state index contributed by atoms with van der Waals surface area (Å²) in [5, 5.41) is 3.50. The number of nitrogens with zero attached hydrogens (tertiary/aromatic N) is 2. The maximum Gasteiger partial charge on any atom is 0.0400 e. The van der Waals surface area contributed by atoms with Gasteiger partial charge in [-0.25, -0.2) is 0 Å². The standard InChI is InChI=1S/C18H31N3/c1-5-19-15(4)16-8-9-18-17(14-16)10-11-21(18)13-12-20(6-2)7-3/h8-9,14-15,19H,5-7,10-13H2,1-4H3. The highest BCUT2D eigenvalue weighted by atomic mass is 15.2. The van der Waals surface area contributed by atoms with E-state index in [4.69, 9.17) is 0 Å². The maximum absolute atomic E-state index is 3.50. The molecule has 1 N–H and O–H groups in total. The Balaban J connectivity index is 2.00. The van der Waals surface area contributed by atoms with Crippen LogP contribution in [0.25, 0.3) is 0 Å². The van der Waals surface area contributed by atoms with E-state index in [0.29, 0.717) is 6.04 Å². The van der Waals surface area contributed by atoms with Crippen molar-refractivity contribution in [2.45, 2.75) is 40.2 Å². The molecule has 0 aliphatic carbocycles. The van der Waals surface area contributed by atoms with Crippen molar-refractivity contribution in [2.24, 2.45) is 0 Å². The third-order valence-corrected chi connectivity index (χ3v) is 4.69. The summed E-state index contributed by atoms with van der Waals surface area (Å²) < 4.78 is 0. The third kappa shape index (κ3) is 3.98. The lowest BCUT2D eigenvalue weighted by atomic mass is 10.0. The number of fused-ring (bicyclic) bond motifs is 1. The number of hydrogen-bond acceptors (Lipinski definition) is 3. The summed E-state index contributed by atoms with van der Waals surface area (Å²) in [4.78, 5) is 5.05. The topological polar surface area (TPSA) is 18.5 Å². The molecule has 21 heavy (non-hydrogen) atoms. The lowest BCUT2D eigenvalue weighted by Gasteiger charge is -2.25. The highest BCUT2D eigenvalue weighted by Crippen LogP contribution is 2.30. The molecule has 0 aromatic heterocycles. The van der Waals surface area contributed by atoms with Crippen LogP contribution >= 0.6 is 0 Å². The Hall–Kier alpha value is -1.06. The van der Waals surface area contributed by atoms with Gasteiger partial charge in [0.2, 0.25) is 0 Å². The molecule has 1 aliphatic heterocycles. The molecular formula is C18H31N3. The number of nitrogens with one attached hydrogen (secondary N) is 1. The first kappa shape index (κ1) is 16.3. The van der Waals surface area contributed by atoms with Crippen molar-refractivity contribution < 1.29 is 0 Å². The largest absolute Gasteiger partial charge is 0.370 e. The number of rotatable bonds is 8. The fourth-order valence-electron chi connectivity index (χ4n) is 3.22. The van der Waals surface area contributed by atoms with Crippen molar-refractivity contribution >= 4 is 5.69 Å². The summed E-state index contributed by atoms with van der Waals surface area (Å²) in [7, 11) is 0. The van der Waals surface area contributed by atoms with Gasteiger partial charge in [0.1, 0.15) is 0 Å². The van der Waals surface area contributed by atoms with Gasteiger partial charge in [-0.15, -0.1) is 0 Å². The Morgan fingerprint density at radius 1 is 1.24 bits per heavy atom. The van der Waals surface area contributed by atoms with E-state index in [9.17, 15) is 0 Å². The van der Waals surface area contributed by atoms with E-state index in [0.717, 1.165) is 26.2 Å². The average molecular weight is 289 g/mol. The predicted molar refractivity (Wildman–Crippen MR) is 92.2 cm³/mol. The molecule has 1 aromatic rings. The Labute approximate surface area is 130 Å².